The van der Waals surface area contributed by atoms with Crippen molar-refractivity contribution in [3.05, 3.63) is 145 Å². The van der Waals surface area contributed by atoms with Crippen LogP contribution in [0.3, 0.4) is 0 Å². The van der Waals surface area contributed by atoms with E-state index in [0.717, 1.165) is 51.7 Å². The molecule has 1 saturated heterocycles. The highest BCUT2D eigenvalue weighted by atomic mass is 31.1. The van der Waals surface area contributed by atoms with Gasteiger partial charge in [-0.2, -0.15) is 0 Å². The molecule has 1 fully saturated rings. The predicted molar refractivity (Wildman–Crippen MR) is 200 cm³/mol. The van der Waals surface area contributed by atoms with Crippen molar-refractivity contribution in [2.45, 2.75) is 70.0 Å². The van der Waals surface area contributed by atoms with E-state index in [1.165, 1.54) is 21.2 Å². The number of hydrogen-bond acceptors (Lipinski definition) is 2. The highest BCUT2D eigenvalue weighted by molar-refractivity contribution is 7.77. The Bertz CT molecular complexity index is 1450. The summed E-state index contributed by atoms with van der Waals surface area (Å²) >= 11 is 0. The van der Waals surface area contributed by atoms with Gasteiger partial charge in [0.05, 0.1) is 13.2 Å². The molecule has 4 heteroatoms. The summed E-state index contributed by atoms with van der Waals surface area (Å²) in [5.74, 6) is 0. The van der Waals surface area contributed by atoms with Crippen LogP contribution in [0.1, 0.15) is 52.4 Å². The summed E-state index contributed by atoms with van der Waals surface area (Å²) in [6.07, 6.45) is 13.5. The topological polar surface area (TPSA) is 18.5 Å². The Hall–Kier alpha value is -2.86. The van der Waals surface area contributed by atoms with Gasteiger partial charge in [0.2, 0.25) is 0 Å². The number of benzene rings is 4. The average molecular weight is 647 g/mol. The second-order valence-electron chi connectivity index (χ2n) is 13.2. The summed E-state index contributed by atoms with van der Waals surface area (Å²) < 4.78 is 11.9. The maximum atomic E-state index is 5.96. The molecular weight excluding hydrogens is 598 g/mol. The van der Waals surface area contributed by atoms with Crippen molar-refractivity contribution in [2.75, 3.05) is 13.2 Å². The fourth-order valence-corrected chi connectivity index (χ4v) is 13.6. The minimum absolute atomic E-state index is 0.0546. The van der Waals surface area contributed by atoms with Gasteiger partial charge in [-0.25, -0.2) is 0 Å². The molecule has 0 N–H and O–H groups in total. The van der Waals surface area contributed by atoms with Gasteiger partial charge in [0.1, 0.15) is 0 Å². The van der Waals surface area contributed by atoms with Gasteiger partial charge in [-0.1, -0.05) is 159 Å². The molecule has 2 aliphatic rings. The Kier molecular flexibility index (Phi) is 11.7. The van der Waals surface area contributed by atoms with Gasteiger partial charge in [-0.15, -0.1) is 0 Å². The summed E-state index contributed by atoms with van der Waals surface area (Å²) in [4.78, 5) is 0. The van der Waals surface area contributed by atoms with E-state index in [1.54, 1.807) is 5.57 Å². The van der Waals surface area contributed by atoms with Crippen LogP contribution in [0.5, 0.6) is 0 Å². The average Bonchev–Trinajstić information content (AvgIpc) is 3.65. The van der Waals surface area contributed by atoms with Gasteiger partial charge >= 0.3 is 0 Å². The van der Waals surface area contributed by atoms with Gasteiger partial charge in [0.25, 0.3) is 0 Å². The Morgan fingerprint density at radius 3 is 1.59 bits per heavy atom. The van der Waals surface area contributed by atoms with E-state index in [9.17, 15) is 0 Å². The van der Waals surface area contributed by atoms with Crippen LogP contribution < -0.4 is 21.2 Å². The quantitative estimate of drug-likeness (QED) is 0.127. The second-order valence-corrected chi connectivity index (χ2v) is 18.0. The molecule has 6 rings (SSSR count). The van der Waals surface area contributed by atoms with Crippen molar-refractivity contribution in [3.63, 3.8) is 0 Å². The molecule has 0 aromatic heterocycles. The lowest BCUT2D eigenvalue weighted by atomic mass is 9.82. The standard InChI is InChI=1S/C42H48O2P2/c1-42(2,31-29-40-43-32-17-33-44-40)30-28-39(45(35-20-7-3-8-21-35)36-22-9-4-10-23-36)41(34-18-15-16-19-34)46(37-24-11-5-12-25-37)38-26-13-6-14-27-38/h3-16,18,20-27,39-41H,17,19,28-33H2,1-2H3. The molecule has 0 spiro atoms. The largest absolute Gasteiger partial charge is 0.353 e. The summed E-state index contributed by atoms with van der Waals surface area (Å²) in [7, 11) is -1.33. The molecule has 4 aromatic carbocycles. The molecule has 1 aliphatic carbocycles. The first-order chi connectivity index (χ1) is 22.6. The monoisotopic (exact) mass is 646 g/mol. The zero-order valence-electron chi connectivity index (χ0n) is 27.4. The van der Waals surface area contributed by atoms with E-state index in [2.05, 4.69) is 153 Å². The van der Waals surface area contributed by atoms with Crippen molar-refractivity contribution in [3.8, 4) is 0 Å². The molecule has 1 heterocycles. The first-order valence-corrected chi connectivity index (χ1v) is 19.8. The molecule has 1 aliphatic heterocycles. The van der Waals surface area contributed by atoms with Crippen molar-refractivity contribution < 1.29 is 9.47 Å². The molecule has 0 bridgehead atoms. The number of ether oxygens (including phenoxy) is 2. The third kappa shape index (κ3) is 8.53. The molecule has 0 saturated carbocycles. The van der Waals surface area contributed by atoms with Gasteiger partial charge in [-0.05, 0) is 86.7 Å². The van der Waals surface area contributed by atoms with Crippen LogP contribution in [0.2, 0.25) is 0 Å². The normalized spacial score (nSPS) is 16.9. The summed E-state index contributed by atoms with van der Waals surface area (Å²) in [6.45, 7) is 6.56. The predicted octanol–water partition coefficient (Wildman–Crippen LogP) is 9.23. The fraction of sp³-hybridized carbons (Fsp3) is 0.333. The van der Waals surface area contributed by atoms with Crippen LogP contribution in [0.25, 0.3) is 0 Å². The Morgan fingerprint density at radius 1 is 0.652 bits per heavy atom. The van der Waals surface area contributed by atoms with E-state index < -0.39 is 15.8 Å². The molecule has 0 amide bonds. The van der Waals surface area contributed by atoms with Crippen LogP contribution in [0, 0.1) is 5.41 Å². The Labute approximate surface area is 279 Å². The molecule has 0 radical (unpaired) electrons. The summed E-state index contributed by atoms with van der Waals surface area (Å²) in [5, 5.41) is 5.88. The lowest BCUT2D eigenvalue weighted by Gasteiger charge is -2.42. The lowest BCUT2D eigenvalue weighted by molar-refractivity contribution is -0.184. The van der Waals surface area contributed by atoms with E-state index in [-0.39, 0.29) is 11.7 Å². The minimum Gasteiger partial charge on any atom is -0.353 e. The third-order valence-electron chi connectivity index (χ3n) is 9.36. The second kappa shape index (κ2) is 16.3. The lowest BCUT2D eigenvalue weighted by Crippen LogP contribution is -2.37. The van der Waals surface area contributed by atoms with Crippen molar-refractivity contribution in [1.29, 1.82) is 0 Å². The molecule has 2 unspecified atom stereocenters. The van der Waals surface area contributed by atoms with Crippen LogP contribution in [-0.2, 0) is 9.47 Å². The van der Waals surface area contributed by atoms with Crippen molar-refractivity contribution >= 4 is 37.1 Å². The maximum Gasteiger partial charge on any atom is 0.157 e. The SMILES string of the molecule is CC(C)(CCC1OCCCO1)CCC(C(C1=CC=CC1)P(c1ccccc1)c1ccccc1)P(c1ccccc1)c1ccccc1. The molecular formula is C42H48O2P2. The van der Waals surface area contributed by atoms with Crippen molar-refractivity contribution in [2.24, 2.45) is 5.41 Å². The number of allylic oxidation sites excluding steroid dienone is 4. The Morgan fingerprint density at radius 2 is 1.13 bits per heavy atom. The molecule has 2 atom stereocenters. The molecule has 2 nitrogen and oxygen atoms in total. The van der Waals surface area contributed by atoms with Gasteiger partial charge in [0, 0.05) is 5.66 Å². The number of rotatable bonds is 14. The minimum atomic E-state index is -0.676. The van der Waals surface area contributed by atoms with E-state index >= 15 is 0 Å². The van der Waals surface area contributed by atoms with E-state index in [0.29, 0.717) is 11.3 Å². The molecule has 46 heavy (non-hydrogen) atoms. The first kappa shape index (κ1) is 33.1. The van der Waals surface area contributed by atoms with Gasteiger partial charge < -0.3 is 9.47 Å². The summed E-state index contributed by atoms with van der Waals surface area (Å²) in [5.41, 5.74) is 2.62. The van der Waals surface area contributed by atoms with Crippen LogP contribution in [0.15, 0.2) is 145 Å². The highest BCUT2D eigenvalue weighted by Gasteiger charge is 2.40. The van der Waals surface area contributed by atoms with Crippen LogP contribution >= 0.6 is 15.8 Å². The smallest absolute Gasteiger partial charge is 0.157 e. The van der Waals surface area contributed by atoms with E-state index in [1.807, 2.05) is 0 Å². The zero-order valence-corrected chi connectivity index (χ0v) is 29.2. The number of hydrogen-bond donors (Lipinski definition) is 0. The van der Waals surface area contributed by atoms with Gasteiger partial charge in [-0.3, -0.25) is 0 Å². The van der Waals surface area contributed by atoms with Crippen LogP contribution in [0.4, 0.5) is 0 Å². The van der Waals surface area contributed by atoms with E-state index in [4.69, 9.17) is 9.47 Å². The van der Waals surface area contributed by atoms with Crippen LogP contribution in [-0.4, -0.2) is 30.8 Å². The van der Waals surface area contributed by atoms with Gasteiger partial charge in [0.15, 0.2) is 6.29 Å². The maximum absolute atomic E-state index is 5.96. The first-order valence-electron chi connectivity index (χ1n) is 17.0. The molecule has 238 valence electrons. The van der Waals surface area contributed by atoms with Crippen molar-refractivity contribution in [1.82, 2.24) is 0 Å². The summed E-state index contributed by atoms with van der Waals surface area (Å²) in [6, 6.07) is 45.6. The Balaban J connectivity index is 1.45. The fourth-order valence-electron chi connectivity index (χ4n) is 6.93. The molecule has 4 aromatic rings. The third-order valence-corrected chi connectivity index (χ3v) is 15.5. The zero-order chi connectivity index (χ0) is 31.6. The highest BCUT2D eigenvalue weighted by Crippen LogP contribution is 2.57.